The molecule has 1 unspecified atom stereocenters. The number of nitrogens with zero attached hydrogens (tertiary/aromatic N) is 2. The van der Waals surface area contributed by atoms with Gasteiger partial charge in [-0.1, -0.05) is 18.2 Å². The summed E-state index contributed by atoms with van der Waals surface area (Å²) in [5, 5.41) is 2.04. The van der Waals surface area contributed by atoms with Gasteiger partial charge < -0.3 is 4.84 Å². The van der Waals surface area contributed by atoms with Crippen molar-refractivity contribution in [3.63, 3.8) is 0 Å². The molecule has 84 valence electrons. The summed E-state index contributed by atoms with van der Waals surface area (Å²) >= 11 is 0. The van der Waals surface area contributed by atoms with Gasteiger partial charge in [0.15, 0.2) is 0 Å². The Bertz CT molecular complexity index is 425. The van der Waals surface area contributed by atoms with E-state index < -0.39 is 0 Å². The highest BCUT2D eigenvalue weighted by Crippen LogP contribution is 2.38. The van der Waals surface area contributed by atoms with Gasteiger partial charge in [-0.2, -0.15) is 0 Å². The SMILES string of the molecule is CC1(C)CCC2N=C(c3ccccc3)ON21. The summed E-state index contributed by atoms with van der Waals surface area (Å²) in [5.41, 5.74) is 1.16. The Morgan fingerprint density at radius 2 is 2.06 bits per heavy atom. The fraction of sp³-hybridized carbons (Fsp3) is 0.462. The predicted molar refractivity (Wildman–Crippen MR) is 63.0 cm³/mol. The van der Waals surface area contributed by atoms with Crippen molar-refractivity contribution < 1.29 is 4.84 Å². The zero-order valence-corrected chi connectivity index (χ0v) is 9.68. The van der Waals surface area contributed by atoms with E-state index in [2.05, 4.69) is 18.8 Å². The fourth-order valence-corrected chi connectivity index (χ4v) is 2.37. The lowest BCUT2D eigenvalue weighted by atomic mass is 10.0. The van der Waals surface area contributed by atoms with Crippen molar-refractivity contribution in [2.75, 3.05) is 0 Å². The van der Waals surface area contributed by atoms with Gasteiger partial charge in [-0.15, -0.1) is 5.06 Å². The molecule has 2 heterocycles. The van der Waals surface area contributed by atoms with Crippen molar-refractivity contribution in [1.29, 1.82) is 0 Å². The summed E-state index contributed by atoms with van der Waals surface area (Å²) < 4.78 is 0. The van der Waals surface area contributed by atoms with Crippen LogP contribution in [-0.4, -0.2) is 22.7 Å². The molecule has 3 rings (SSSR count). The van der Waals surface area contributed by atoms with Gasteiger partial charge in [0.1, 0.15) is 6.17 Å². The van der Waals surface area contributed by atoms with Gasteiger partial charge in [-0.3, -0.25) is 0 Å². The van der Waals surface area contributed by atoms with Crippen LogP contribution in [0, 0.1) is 0 Å². The third kappa shape index (κ3) is 1.43. The van der Waals surface area contributed by atoms with Crippen LogP contribution in [-0.2, 0) is 4.84 Å². The second kappa shape index (κ2) is 3.32. The molecule has 0 bridgehead atoms. The molecule has 0 spiro atoms. The van der Waals surface area contributed by atoms with E-state index in [-0.39, 0.29) is 11.7 Å². The van der Waals surface area contributed by atoms with Crippen LogP contribution in [0.5, 0.6) is 0 Å². The summed E-state index contributed by atoms with van der Waals surface area (Å²) in [5.74, 6) is 0.762. The average molecular weight is 216 g/mol. The van der Waals surface area contributed by atoms with Crippen LogP contribution in [0.1, 0.15) is 32.3 Å². The van der Waals surface area contributed by atoms with Crippen molar-refractivity contribution in [2.45, 2.75) is 38.4 Å². The molecule has 0 aliphatic carbocycles. The van der Waals surface area contributed by atoms with E-state index in [1.807, 2.05) is 35.4 Å². The first-order valence-corrected chi connectivity index (χ1v) is 5.77. The first-order valence-electron chi connectivity index (χ1n) is 5.77. The van der Waals surface area contributed by atoms with E-state index in [1.165, 1.54) is 0 Å². The van der Waals surface area contributed by atoms with Crippen LogP contribution >= 0.6 is 0 Å². The number of hydroxylamine groups is 2. The van der Waals surface area contributed by atoms with E-state index in [4.69, 9.17) is 4.84 Å². The second-order valence-electron chi connectivity index (χ2n) is 5.05. The Labute approximate surface area is 95.7 Å². The van der Waals surface area contributed by atoms with Gasteiger partial charge >= 0.3 is 0 Å². The highest BCUT2D eigenvalue weighted by Gasteiger charge is 2.45. The normalized spacial score (nSPS) is 27.4. The zero-order valence-electron chi connectivity index (χ0n) is 9.68. The fourth-order valence-electron chi connectivity index (χ4n) is 2.37. The van der Waals surface area contributed by atoms with Crippen LogP contribution in [0.25, 0.3) is 0 Å². The lowest BCUT2D eigenvalue weighted by Gasteiger charge is -2.28. The lowest BCUT2D eigenvalue weighted by Crippen LogP contribution is -2.39. The van der Waals surface area contributed by atoms with Crippen molar-refractivity contribution in [1.82, 2.24) is 5.06 Å². The van der Waals surface area contributed by atoms with E-state index in [0.29, 0.717) is 0 Å². The second-order valence-corrected chi connectivity index (χ2v) is 5.05. The molecule has 16 heavy (non-hydrogen) atoms. The predicted octanol–water partition coefficient (Wildman–Crippen LogP) is 2.58. The molecule has 0 N–H and O–H groups in total. The minimum Gasteiger partial charge on any atom is -0.383 e. The van der Waals surface area contributed by atoms with Crippen molar-refractivity contribution in [3.05, 3.63) is 35.9 Å². The highest BCUT2D eigenvalue weighted by molar-refractivity contribution is 5.94. The van der Waals surface area contributed by atoms with E-state index in [1.54, 1.807) is 0 Å². The zero-order chi connectivity index (χ0) is 11.2. The molecule has 3 heteroatoms. The van der Waals surface area contributed by atoms with E-state index in [9.17, 15) is 0 Å². The Hall–Kier alpha value is -1.35. The molecular formula is C13H16N2O. The number of fused-ring (bicyclic) bond motifs is 1. The van der Waals surface area contributed by atoms with Crippen LogP contribution < -0.4 is 0 Å². The van der Waals surface area contributed by atoms with Gasteiger partial charge in [-0.25, -0.2) is 4.99 Å². The van der Waals surface area contributed by atoms with Crippen LogP contribution in [0.3, 0.4) is 0 Å². The molecular weight excluding hydrogens is 200 g/mol. The largest absolute Gasteiger partial charge is 0.383 e. The third-order valence-corrected chi connectivity index (χ3v) is 3.35. The van der Waals surface area contributed by atoms with Crippen molar-refractivity contribution in [3.8, 4) is 0 Å². The smallest absolute Gasteiger partial charge is 0.242 e. The van der Waals surface area contributed by atoms with Gasteiger partial charge in [0, 0.05) is 5.56 Å². The number of rotatable bonds is 1. The Morgan fingerprint density at radius 3 is 2.75 bits per heavy atom. The monoisotopic (exact) mass is 216 g/mol. The molecule has 0 amide bonds. The number of hydrogen-bond donors (Lipinski definition) is 0. The average Bonchev–Trinajstić information content (AvgIpc) is 2.82. The molecule has 1 saturated heterocycles. The summed E-state index contributed by atoms with van der Waals surface area (Å²) in [6.07, 6.45) is 2.44. The van der Waals surface area contributed by atoms with Gasteiger partial charge in [0.2, 0.25) is 5.90 Å². The third-order valence-electron chi connectivity index (χ3n) is 3.35. The molecule has 1 fully saturated rings. The molecule has 1 atom stereocenters. The minimum absolute atomic E-state index is 0.102. The van der Waals surface area contributed by atoms with Gasteiger partial charge in [0.25, 0.3) is 0 Å². The minimum atomic E-state index is 0.102. The summed E-state index contributed by atoms with van der Waals surface area (Å²) in [7, 11) is 0. The molecule has 0 saturated carbocycles. The molecule has 0 radical (unpaired) electrons. The van der Waals surface area contributed by atoms with E-state index >= 15 is 0 Å². The van der Waals surface area contributed by atoms with Gasteiger partial charge in [-0.05, 0) is 38.8 Å². The van der Waals surface area contributed by atoms with E-state index in [0.717, 1.165) is 24.3 Å². The van der Waals surface area contributed by atoms with Crippen LogP contribution in [0.2, 0.25) is 0 Å². The summed E-state index contributed by atoms with van der Waals surface area (Å²) in [4.78, 5) is 10.5. The number of hydrogen-bond acceptors (Lipinski definition) is 3. The maximum absolute atomic E-state index is 5.87. The number of benzene rings is 1. The summed E-state index contributed by atoms with van der Waals surface area (Å²) in [6, 6.07) is 10.1. The maximum Gasteiger partial charge on any atom is 0.242 e. The first-order chi connectivity index (χ1) is 7.67. The van der Waals surface area contributed by atoms with Crippen molar-refractivity contribution in [2.24, 2.45) is 4.99 Å². The van der Waals surface area contributed by atoms with Crippen LogP contribution in [0.4, 0.5) is 0 Å². The molecule has 1 aromatic carbocycles. The topological polar surface area (TPSA) is 24.8 Å². The summed E-state index contributed by atoms with van der Waals surface area (Å²) in [6.45, 7) is 4.41. The molecule has 3 nitrogen and oxygen atoms in total. The maximum atomic E-state index is 5.87. The van der Waals surface area contributed by atoms with Gasteiger partial charge in [0.05, 0.1) is 5.54 Å². The Morgan fingerprint density at radius 1 is 1.31 bits per heavy atom. The molecule has 2 aliphatic rings. The lowest BCUT2D eigenvalue weighted by molar-refractivity contribution is -0.125. The Kier molecular flexibility index (Phi) is 2.04. The Balaban J connectivity index is 1.88. The first kappa shape index (κ1) is 9.85. The highest BCUT2D eigenvalue weighted by atomic mass is 16.7. The van der Waals surface area contributed by atoms with Crippen molar-refractivity contribution >= 4 is 5.90 Å². The standard InChI is InChI=1S/C13H16N2O/c1-13(2)9-8-11-14-12(16-15(11)13)10-6-4-3-5-7-10/h3-7,11H,8-9H2,1-2H3. The van der Waals surface area contributed by atoms with Crippen LogP contribution in [0.15, 0.2) is 35.3 Å². The molecule has 2 aliphatic heterocycles. The molecule has 1 aromatic rings. The quantitative estimate of drug-likeness (QED) is 0.720. The number of aliphatic imine (C=N–C) groups is 1. The molecule has 0 aromatic heterocycles.